The third-order valence-electron chi connectivity index (χ3n) is 6.12. The number of benzene rings is 3. The molecule has 0 heterocycles. The molecule has 3 aromatic rings. The van der Waals surface area contributed by atoms with Gasteiger partial charge in [0.2, 0.25) is 5.91 Å². The Kier molecular flexibility index (Phi) is 8.06. The van der Waals surface area contributed by atoms with Crippen molar-refractivity contribution in [1.29, 1.82) is 0 Å². The van der Waals surface area contributed by atoms with Crippen molar-refractivity contribution in [3.05, 3.63) is 101 Å². The lowest BCUT2D eigenvalue weighted by atomic mass is 9.98. The number of amides is 1. The van der Waals surface area contributed by atoms with Crippen molar-refractivity contribution in [2.24, 2.45) is 0 Å². The number of aliphatic hydroxyl groups excluding tert-OH is 1. The van der Waals surface area contributed by atoms with E-state index in [9.17, 15) is 9.90 Å². The molecule has 1 amide bonds. The topological polar surface area (TPSA) is 52.6 Å². The standard InChI is InChI=1S/C29H36N2O2/c1-21-11-14-24(15-12-21)17-18-31(26-16-13-22(2)23(3)19-26)28(33)27(30-29(4,5)20-32)25-9-7-6-8-10-25/h6-16,19,27,30,32H,17-18,20H2,1-5H3. The van der Waals surface area contributed by atoms with Gasteiger partial charge in [0.25, 0.3) is 0 Å². The van der Waals surface area contributed by atoms with Gasteiger partial charge in [-0.15, -0.1) is 0 Å². The average Bonchev–Trinajstić information content (AvgIpc) is 2.81. The Morgan fingerprint density at radius 1 is 0.939 bits per heavy atom. The molecule has 0 aliphatic rings. The third-order valence-corrected chi connectivity index (χ3v) is 6.12. The van der Waals surface area contributed by atoms with E-state index in [1.54, 1.807) is 0 Å². The Morgan fingerprint density at radius 3 is 2.21 bits per heavy atom. The van der Waals surface area contributed by atoms with Crippen molar-refractivity contribution in [2.45, 2.75) is 52.6 Å². The fourth-order valence-electron chi connectivity index (χ4n) is 3.78. The first-order valence-corrected chi connectivity index (χ1v) is 11.6. The number of nitrogens with one attached hydrogen (secondary N) is 1. The number of carbonyl (C=O) groups is 1. The Labute approximate surface area is 198 Å². The van der Waals surface area contributed by atoms with Gasteiger partial charge in [0, 0.05) is 17.8 Å². The summed E-state index contributed by atoms with van der Waals surface area (Å²) in [4.78, 5) is 16.0. The maximum atomic E-state index is 14.1. The lowest BCUT2D eigenvalue weighted by Crippen LogP contribution is -2.51. The summed E-state index contributed by atoms with van der Waals surface area (Å²) in [6, 6.07) is 23.8. The number of nitrogens with zero attached hydrogens (tertiary/aromatic N) is 1. The first kappa shape index (κ1) is 24.7. The summed E-state index contributed by atoms with van der Waals surface area (Å²) in [7, 11) is 0. The zero-order chi connectivity index (χ0) is 24.0. The SMILES string of the molecule is Cc1ccc(CCN(C(=O)C(NC(C)(C)CO)c2ccccc2)c2ccc(C)c(C)c2)cc1. The minimum atomic E-state index is -0.609. The van der Waals surface area contributed by atoms with Crippen LogP contribution >= 0.6 is 0 Å². The molecule has 174 valence electrons. The lowest BCUT2D eigenvalue weighted by molar-refractivity contribution is -0.121. The maximum absolute atomic E-state index is 14.1. The van der Waals surface area contributed by atoms with Crippen molar-refractivity contribution in [3.63, 3.8) is 0 Å². The van der Waals surface area contributed by atoms with Crippen molar-refractivity contribution in [1.82, 2.24) is 5.32 Å². The van der Waals surface area contributed by atoms with E-state index in [2.05, 4.69) is 62.5 Å². The highest BCUT2D eigenvalue weighted by atomic mass is 16.3. The van der Waals surface area contributed by atoms with Crippen molar-refractivity contribution < 1.29 is 9.90 Å². The molecule has 0 aliphatic heterocycles. The number of hydrogen-bond acceptors (Lipinski definition) is 3. The van der Waals surface area contributed by atoms with E-state index in [4.69, 9.17) is 0 Å². The fourth-order valence-corrected chi connectivity index (χ4v) is 3.78. The predicted molar refractivity (Wildman–Crippen MR) is 137 cm³/mol. The van der Waals surface area contributed by atoms with Gasteiger partial charge >= 0.3 is 0 Å². The van der Waals surface area contributed by atoms with Crippen LogP contribution in [0.25, 0.3) is 0 Å². The molecule has 33 heavy (non-hydrogen) atoms. The molecule has 1 atom stereocenters. The van der Waals surface area contributed by atoms with Crippen LogP contribution in [0.2, 0.25) is 0 Å². The molecule has 0 aliphatic carbocycles. The second-order valence-corrected chi connectivity index (χ2v) is 9.52. The van der Waals surface area contributed by atoms with E-state index in [1.165, 1.54) is 16.7 Å². The van der Waals surface area contributed by atoms with Gasteiger partial charge in [-0.3, -0.25) is 10.1 Å². The van der Waals surface area contributed by atoms with Gasteiger partial charge in [-0.25, -0.2) is 0 Å². The van der Waals surface area contributed by atoms with Crippen molar-refractivity contribution in [3.8, 4) is 0 Å². The highest BCUT2D eigenvalue weighted by Crippen LogP contribution is 2.26. The minimum Gasteiger partial charge on any atom is -0.394 e. The van der Waals surface area contributed by atoms with Crippen LogP contribution in [0.5, 0.6) is 0 Å². The van der Waals surface area contributed by atoms with Gasteiger partial charge in [0.15, 0.2) is 0 Å². The largest absolute Gasteiger partial charge is 0.394 e. The molecular weight excluding hydrogens is 408 g/mol. The van der Waals surface area contributed by atoms with E-state index in [0.717, 1.165) is 23.2 Å². The molecular formula is C29H36N2O2. The van der Waals surface area contributed by atoms with Gasteiger partial charge < -0.3 is 10.0 Å². The third kappa shape index (κ3) is 6.53. The van der Waals surface area contributed by atoms with Crippen LogP contribution in [0.1, 0.15) is 47.7 Å². The van der Waals surface area contributed by atoms with Crippen LogP contribution in [0.3, 0.4) is 0 Å². The molecule has 1 unspecified atom stereocenters. The molecule has 4 nitrogen and oxygen atoms in total. The van der Waals surface area contributed by atoms with Crippen molar-refractivity contribution >= 4 is 11.6 Å². The Bertz CT molecular complexity index is 1060. The smallest absolute Gasteiger partial charge is 0.248 e. The second-order valence-electron chi connectivity index (χ2n) is 9.52. The zero-order valence-electron chi connectivity index (χ0n) is 20.4. The number of hydrogen-bond donors (Lipinski definition) is 2. The number of carbonyl (C=O) groups excluding carboxylic acids is 1. The monoisotopic (exact) mass is 444 g/mol. The molecule has 3 aromatic carbocycles. The quantitative estimate of drug-likeness (QED) is 0.472. The second kappa shape index (κ2) is 10.8. The fraction of sp³-hybridized carbons (Fsp3) is 0.345. The van der Waals surface area contributed by atoms with Gasteiger partial charge in [0.05, 0.1) is 6.61 Å². The summed E-state index contributed by atoms with van der Waals surface area (Å²) in [6.07, 6.45) is 0.754. The van der Waals surface area contributed by atoms with Crippen LogP contribution < -0.4 is 10.2 Å². The lowest BCUT2D eigenvalue weighted by Gasteiger charge is -2.34. The molecule has 0 fully saturated rings. The Hall–Kier alpha value is -2.95. The van der Waals surface area contributed by atoms with Crippen LogP contribution in [0, 0.1) is 20.8 Å². The number of anilines is 1. The Balaban J connectivity index is 1.98. The van der Waals surface area contributed by atoms with E-state index in [0.29, 0.717) is 6.54 Å². The average molecular weight is 445 g/mol. The highest BCUT2D eigenvalue weighted by Gasteiger charge is 2.31. The molecule has 2 N–H and O–H groups in total. The van der Waals surface area contributed by atoms with Crippen LogP contribution in [0.4, 0.5) is 5.69 Å². The minimum absolute atomic E-state index is 0.0295. The van der Waals surface area contributed by atoms with Gasteiger partial charge in [0.1, 0.15) is 6.04 Å². The van der Waals surface area contributed by atoms with Crippen LogP contribution in [-0.4, -0.2) is 29.7 Å². The predicted octanol–water partition coefficient (Wildman–Crippen LogP) is 5.29. The van der Waals surface area contributed by atoms with E-state index >= 15 is 0 Å². The molecule has 0 saturated heterocycles. The normalized spacial score (nSPS) is 12.4. The zero-order valence-corrected chi connectivity index (χ0v) is 20.4. The maximum Gasteiger partial charge on any atom is 0.248 e. The van der Waals surface area contributed by atoms with E-state index in [1.807, 2.05) is 55.1 Å². The number of rotatable bonds is 9. The van der Waals surface area contributed by atoms with Gasteiger partial charge in [-0.2, -0.15) is 0 Å². The van der Waals surface area contributed by atoms with Gasteiger partial charge in [-0.1, -0.05) is 66.2 Å². The summed E-state index contributed by atoms with van der Waals surface area (Å²) < 4.78 is 0. The van der Waals surface area contributed by atoms with Crippen LogP contribution in [0.15, 0.2) is 72.8 Å². The molecule has 0 bridgehead atoms. The first-order chi connectivity index (χ1) is 15.7. The first-order valence-electron chi connectivity index (χ1n) is 11.6. The van der Waals surface area contributed by atoms with E-state index < -0.39 is 11.6 Å². The molecule has 0 saturated carbocycles. The van der Waals surface area contributed by atoms with Crippen LogP contribution in [-0.2, 0) is 11.2 Å². The molecule has 3 rings (SSSR count). The summed E-state index contributed by atoms with van der Waals surface area (Å²) in [6.45, 7) is 10.5. The Morgan fingerprint density at radius 2 is 1.61 bits per heavy atom. The van der Waals surface area contributed by atoms with E-state index in [-0.39, 0.29) is 12.5 Å². The molecule has 0 aromatic heterocycles. The number of aliphatic hydroxyl groups is 1. The highest BCUT2D eigenvalue weighted by molar-refractivity contribution is 5.98. The van der Waals surface area contributed by atoms with Gasteiger partial charge in [-0.05, 0) is 75.4 Å². The molecule has 0 radical (unpaired) electrons. The number of aryl methyl sites for hydroxylation is 3. The summed E-state index contributed by atoms with van der Waals surface area (Å²) in [5, 5.41) is 13.3. The summed E-state index contributed by atoms with van der Waals surface area (Å²) in [5.74, 6) is -0.0295. The molecule has 0 spiro atoms. The summed E-state index contributed by atoms with van der Waals surface area (Å²) >= 11 is 0. The molecule has 4 heteroatoms. The van der Waals surface area contributed by atoms with Crippen molar-refractivity contribution in [2.75, 3.05) is 18.1 Å². The summed E-state index contributed by atoms with van der Waals surface area (Å²) in [5.41, 5.74) is 5.93.